The van der Waals surface area contributed by atoms with Crippen molar-refractivity contribution >= 4 is 5.69 Å². The number of rotatable bonds is 4. The van der Waals surface area contributed by atoms with Crippen LogP contribution in [0, 0.1) is 15.9 Å². The summed E-state index contributed by atoms with van der Waals surface area (Å²) in [5.74, 6) is -0.570. The Labute approximate surface area is 102 Å². The molecule has 2 aromatic rings. The summed E-state index contributed by atoms with van der Waals surface area (Å²) in [5.41, 5.74) is 0.405. The zero-order valence-corrected chi connectivity index (χ0v) is 9.51. The van der Waals surface area contributed by atoms with Crippen LogP contribution in [0.1, 0.15) is 5.69 Å². The van der Waals surface area contributed by atoms with Crippen molar-refractivity contribution in [3.05, 3.63) is 46.1 Å². The van der Waals surface area contributed by atoms with Crippen LogP contribution in [-0.2, 0) is 6.54 Å². The first-order chi connectivity index (χ1) is 8.61. The van der Waals surface area contributed by atoms with E-state index >= 15 is 0 Å². The van der Waals surface area contributed by atoms with Gasteiger partial charge < -0.3 is 9.73 Å². The monoisotopic (exact) mass is 251 g/mol. The van der Waals surface area contributed by atoms with Gasteiger partial charge in [-0.15, -0.1) is 0 Å². The SMILES string of the molecule is CNCc1coc(-c2ccc(F)cc2[N+](=O)[O-])n1. The van der Waals surface area contributed by atoms with E-state index in [9.17, 15) is 14.5 Å². The van der Waals surface area contributed by atoms with E-state index in [1.807, 2.05) is 0 Å². The standard InChI is InChI=1S/C11H10FN3O3/c1-13-5-8-6-18-11(14-8)9-3-2-7(12)4-10(9)15(16)17/h2-4,6,13H,5H2,1H3. The van der Waals surface area contributed by atoms with Gasteiger partial charge in [-0.05, 0) is 19.2 Å². The number of aromatic nitrogens is 1. The van der Waals surface area contributed by atoms with Gasteiger partial charge in [-0.3, -0.25) is 10.1 Å². The van der Waals surface area contributed by atoms with Crippen molar-refractivity contribution in [3.63, 3.8) is 0 Å². The Hall–Kier alpha value is -2.28. The van der Waals surface area contributed by atoms with Crippen molar-refractivity contribution in [2.24, 2.45) is 0 Å². The highest BCUT2D eigenvalue weighted by Gasteiger charge is 2.20. The molecule has 0 atom stereocenters. The number of benzene rings is 1. The van der Waals surface area contributed by atoms with E-state index in [0.29, 0.717) is 12.2 Å². The van der Waals surface area contributed by atoms with Crippen molar-refractivity contribution in [1.82, 2.24) is 10.3 Å². The predicted molar refractivity (Wildman–Crippen MR) is 61.3 cm³/mol. The highest BCUT2D eigenvalue weighted by molar-refractivity contribution is 5.66. The number of nitrogens with one attached hydrogen (secondary N) is 1. The minimum Gasteiger partial charge on any atom is -0.444 e. The largest absolute Gasteiger partial charge is 0.444 e. The first-order valence-corrected chi connectivity index (χ1v) is 5.15. The lowest BCUT2D eigenvalue weighted by molar-refractivity contribution is -0.384. The third-order valence-corrected chi connectivity index (χ3v) is 2.30. The Morgan fingerprint density at radius 1 is 1.56 bits per heavy atom. The molecule has 0 fully saturated rings. The number of nitro benzene ring substituents is 1. The van der Waals surface area contributed by atoms with Crippen molar-refractivity contribution in [2.45, 2.75) is 6.54 Å². The van der Waals surface area contributed by atoms with Crippen molar-refractivity contribution < 1.29 is 13.7 Å². The molecule has 0 radical (unpaired) electrons. The Bertz CT molecular complexity index is 583. The van der Waals surface area contributed by atoms with Crippen LogP contribution in [0.3, 0.4) is 0 Å². The minimum absolute atomic E-state index is 0.104. The number of oxazole rings is 1. The number of halogens is 1. The van der Waals surface area contributed by atoms with Gasteiger partial charge in [-0.2, -0.15) is 0 Å². The first kappa shape index (κ1) is 12.2. The smallest absolute Gasteiger partial charge is 0.284 e. The molecule has 0 unspecified atom stereocenters. The molecule has 0 spiro atoms. The summed E-state index contributed by atoms with van der Waals surface area (Å²) in [6, 6.07) is 3.25. The quantitative estimate of drug-likeness (QED) is 0.664. The second-order valence-electron chi connectivity index (χ2n) is 3.59. The molecule has 18 heavy (non-hydrogen) atoms. The third kappa shape index (κ3) is 2.35. The molecule has 1 aromatic carbocycles. The molecule has 1 aromatic heterocycles. The molecule has 0 aliphatic heterocycles. The maximum Gasteiger partial charge on any atom is 0.284 e. The van der Waals surface area contributed by atoms with Gasteiger partial charge >= 0.3 is 0 Å². The topological polar surface area (TPSA) is 81.2 Å². The number of hydrogen-bond donors (Lipinski definition) is 1. The molecule has 0 saturated carbocycles. The van der Waals surface area contributed by atoms with Crippen molar-refractivity contribution in [1.29, 1.82) is 0 Å². The fraction of sp³-hybridized carbons (Fsp3) is 0.182. The summed E-state index contributed by atoms with van der Waals surface area (Å²) in [4.78, 5) is 14.3. The van der Waals surface area contributed by atoms with Gasteiger partial charge in [0, 0.05) is 6.54 Å². The average molecular weight is 251 g/mol. The van der Waals surface area contributed by atoms with E-state index in [-0.39, 0.29) is 17.1 Å². The summed E-state index contributed by atoms with van der Waals surface area (Å²) < 4.78 is 18.1. The fourth-order valence-corrected chi connectivity index (χ4v) is 1.53. The average Bonchev–Trinajstić information content (AvgIpc) is 2.78. The lowest BCUT2D eigenvalue weighted by atomic mass is 10.2. The Balaban J connectivity index is 2.45. The number of nitrogens with zero attached hydrogens (tertiary/aromatic N) is 2. The summed E-state index contributed by atoms with van der Waals surface area (Å²) in [6.45, 7) is 0.485. The predicted octanol–water partition coefficient (Wildman–Crippen LogP) is 2.11. The molecule has 1 N–H and O–H groups in total. The minimum atomic E-state index is -0.674. The molecule has 94 valence electrons. The van der Waals surface area contributed by atoms with Crippen LogP contribution in [-0.4, -0.2) is 17.0 Å². The summed E-state index contributed by atoms with van der Waals surface area (Å²) in [7, 11) is 1.74. The second-order valence-corrected chi connectivity index (χ2v) is 3.59. The molecule has 2 rings (SSSR count). The molecule has 0 bridgehead atoms. The highest BCUT2D eigenvalue weighted by atomic mass is 19.1. The Morgan fingerprint density at radius 2 is 2.33 bits per heavy atom. The van der Waals surface area contributed by atoms with Gasteiger partial charge in [0.05, 0.1) is 16.7 Å². The first-order valence-electron chi connectivity index (χ1n) is 5.15. The van der Waals surface area contributed by atoms with Crippen LogP contribution < -0.4 is 5.32 Å². The molecule has 6 nitrogen and oxygen atoms in total. The molecule has 0 saturated heterocycles. The van der Waals surface area contributed by atoms with Crippen molar-refractivity contribution in [2.75, 3.05) is 7.05 Å². The van der Waals surface area contributed by atoms with Crippen molar-refractivity contribution in [3.8, 4) is 11.5 Å². The van der Waals surface area contributed by atoms with E-state index < -0.39 is 10.7 Å². The number of nitro groups is 1. The summed E-state index contributed by atoms with van der Waals surface area (Å²) in [5, 5.41) is 13.7. The van der Waals surface area contributed by atoms with E-state index in [4.69, 9.17) is 4.42 Å². The molecule has 0 aliphatic carbocycles. The van der Waals surface area contributed by atoms with Crippen LogP contribution >= 0.6 is 0 Å². The van der Waals surface area contributed by atoms with Crippen LogP contribution in [0.4, 0.5) is 10.1 Å². The molecule has 7 heteroatoms. The number of hydrogen-bond acceptors (Lipinski definition) is 5. The maximum atomic E-state index is 13.0. The van der Waals surface area contributed by atoms with Crippen LogP contribution in [0.5, 0.6) is 0 Å². The van der Waals surface area contributed by atoms with Crippen LogP contribution in [0.15, 0.2) is 28.9 Å². The molecular weight excluding hydrogens is 241 g/mol. The van der Waals surface area contributed by atoms with Gasteiger partial charge in [0.1, 0.15) is 17.6 Å². The lowest BCUT2D eigenvalue weighted by Gasteiger charge is -1.98. The molecule has 1 heterocycles. The zero-order valence-electron chi connectivity index (χ0n) is 9.51. The molecular formula is C11H10FN3O3. The van der Waals surface area contributed by atoms with Gasteiger partial charge in [0.15, 0.2) is 0 Å². The van der Waals surface area contributed by atoms with E-state index in [0.717, 1.165) is 12.1 Å². The molecule has 0 amide bonds. The van der Waals surface area contributed by atoms with Gasteiger partial charge in [0.25, 0.3) is 5.69 Å². The third-order valence-electron chi connectivity index (χ3n) is 2.30. The second kappa shape index (κ2) is 4.92. The van der Waals surface area contributed by atoms with Crippen LogP contribution in [0.25, 0.3) is 11.5 Å². The van der Waals surface area contributed by atoms with Crippen LogP contribution in [0.2, 0.25) is 0 Å². The normalized spacial score (nSPS) is 10.6. The van der Waals surface area contributed by atoms with E-state index in [1.165, 1.54) is 12.3 Å². The zero-order chi connectivity index (χ0) is 13.1. The summed E-state index contributed by atoms with van der Waals surface area (Å²) >= 11 is 0. The van der Waals surface area contributed by atoms with E-state index in [2.05, 4.69) is 10.3 Å². The van der Waals surface area contributed by atoms with Gasteiger partial charge in [-0.25, -0.2) is 9.37 Å². The van der Waals surface area contributed by atoms with E-state index in [1.54, 1.807) is 7.05 Å². The van der Waals surface area contributed by atoms with Gasteiger partial charge in [-0.1, -0.05) is 0 Å². The van der Waals surface area contributed by atoms with Gasteiger partial charge in [0.2, 0.25) is 5.89 Å². The lowest BCUT2D eigenvalue weighted by Crippen LogP contribution is -2.05. The Morgan fingerprint density at radius 3 is 3.00 bits per heavy atom. The maximum absolute atomic E-state index is 13.0. The highest BCUT2D eigenvalue weighted by Crippen LogP contribution is 2.29. The fourth-order valence-electron chi connectivity index (χ4n) is 1.53. The summed E-state index contributed by atoms with van der Waals surface area (Å²) in [6.07, 6.45) is 1.40. The Kier molecular flexibility index (Phi) is 3.33. The molecule has 0 aliphatic rings.